The van der Waals surface area contributed by atoms with Crippen molar-refractivity contribution in [3.8, 4) is 0 Å². The van der Waals surface area contributed by atoms with Crippen molar-refractivity contribution >= 4 is 29.1 Å². The zero-order chi connectivity index (χ0) is 11.5. The van der Waals surface area contributed by atoms with E-state index in [1.54, 1.807) is 0 Å². The summed E-state index contributed by atoms with van der Waals surface area (Å²) >= 11 is 8.31. The first-order valence-corrected chi connectivity index (χ1v) is 7.09. The van der Waals surface area contributed by atoms with Crippen LogP contribution >= 0.6 is 23.4 Å². The molecule has 0 bridgehead atoms. The van der Waals surface area contributed by atoms with Gasteiger partial charge in [-0.25, -0.2) is 0 Å². The van der Waals surface area contributed by atoms with Crippen molar-refractivity contribution in [3.63, 3.8) is 0 Å². The Morgan fingerprint density at radius 3 is 2.62 bits per heavy atom. The first kappa shape index (κ1) is 12.1. The van der Waals surface area contributed by atoms with Crippen LogP contribution in [-0.4, -0.2) is 24.6 Å². The Bertz CT molecular complexity index is 362. The molecular formula is C12H17ClN2S. The summed E-state index contributed by atoms with van der Waals surface area (Å²) in [7, 11) is 0. The van der Waals surface area contributed by atoms with Crippen LogP contribution in [0.5, 0.6) is 0 Å². The van der Waals surface area contributed by atoms with Gasteiger partial charge in [0.1, 0.15) is 0 Å². The highest BCUT2D eigenvalue weighted by Crippen LogP contribution is 2.30. The SMILES string of the molecule is C[C@H](N)c1ccc(N2CCSCC2)c(Cl)c1. The maximum Gasteiger partial charge on any atom is 0.0642 e. The number of benzene rings is 1. The molecule has 0 aliphatic carbocycles. The fourth-order valence-corrected chi connectivity index (χ4v) is 3.08. The number of halogens is 1. The summed E-state index contributed by atoms with van der Waals surface area (Å²) in [6, 6.07) is 6.21. The van der Waals surface area contributed by atoms with E-state index in [9.17, 15) is 0 Å². The highest BCUT2D eigenvalue weighted by atomic mass is 35.5. The van der Waals surface area contributed by atoms with E-state index in [1.165, 1.54) is 11.5 Å². The monoisotopic (exact) mass is 256 g/mol. The molecule has 0 amide bonds. The molecule has 1 fully saturated rings. The lowest BCUT2D eigenvalue weighted by atomic mass is 10.1. The van der Waals surface area contributed by atoms with Crippen molar-refractivity contribution in [1.82, 2.24) is 0 Å². The van der Waals surface area contributed by atoms with Gasteiger partial charge in [-0.3, -0.25) is 0 Å². The summed E-state index contributed by atoms with van der Waals surface area (Å²) in [4.78, 5) is 2.35. The molecule has 2 rings (SSSR count). The topological polar surface area (TPSA) is 29.3 Å². The Morgan fingerprint density at radius 2 is 2.06 bits per heavy atom. The lowest BCUT2D eigenvalue weighted by Crippen LogP contribution is -2.32. The Morgan fingerprint density at radius 1 is 1.38 bits per heavy atom. The van der Waals surface area contributed by atoms with Crippen LogP contribution in [0.2, 0.25) is 5.02 Å². The van der Waals surface area contributed by atoms with Gasteiger partial charge >= 0.3 is 0 Å². The number of nitrogens with zero attached hydrogens (tertiary/aromatic N) is 1. The summed E-state index contributed by atoms with van der Waals surface area (Å²) in [5.74, 6) is 2.37. The molecule has 16 heavy (non-hydrogen) atoms. The molecule has 1 aromatic carbocycles. The Hall–Kier alpha value is -0.380. The van der Waals surface area contributed by atoms with Gasteiger partial charge in [0.05, 0.1) is 10.7 Å². The molecular weight excluding hydrogens is 240 g/mol. The Balaban J connectivity index is 2.21. The van der Waals surface area contributed by atoms with Crippen LogP contribution in [-0.2, 0) is 0 Å². The van der Waals surface area contributed by atoms with E-state index in [-0.39, 0.29) is 6.04 Å². The fourth-order valence-electron chi connectivity index (χ4n) is 1.87. The molecule has 0 radical (unpaired) electrons. The van der Waals surface area contributed by atoms with Gasteiger partial charge in [-0.2, -0.15) is 11.8 Å². The molecule has 2 nitrogen and oxygen atoms in total. The van der Waals surface area contributed by atoms with E-state index in [4.69, 9.17) is 17.3 Å². The van der Waals surface area contributed by atoms with Crippen LogP contribution in [0.1, 0.15) is 18.5 Å². The number of hydrogen-bond donors (Lipinski definition) is 1. The number of rotatable bonds is 2. The van der Waals surface area contributed by atoms with Crippen molar-refractivity contribution in [2.45, 2.75) is 13.0 Å². The lowest BCUT2D eigenvalue weighted by molar-refractivity contribution is 0.815. The standard InChI is InChI=1S/C12H17ClN2S/c1-9(14)10-2-3-12(11(13)8-10)15-4-6-16-7-5-15/h2-3,8-9H,4-7,14H2,1H3/t9-/m0/s1. The van der Waals surface area contributed by atoms with E-state index in [2.05, 4.69) is 17.0 Å². The van der Waals surface area contributed by atoms with Crippen LogP contribution in [0.4, 0.5) is 5.69 Å². The predicted octanol–water partition coefficient (Wildman–Crippen LogP) is 2.91. The lowest BCUT2D eigenvalue weighted by Gasteiger charge is -2.29. The zero-order valence-electron chi connectivity index (χ0n) is 9.45. The van der Waals surface area contributed by atoms with Crippen LogP contribution in [0.15, 0.2) is 18.2 Å². The Labute approximate surface area is 106 Å². The first-order chi connectivity index (χ1) is 7.68. The maximum absolute atomic E-state index is 6.30. The summed E-state index contributed by atoms with van der Waals surface area (Å²) in [6.45, 7) is 4.15. The van der Waals surface area contributed by atoms with Crippen LogP contribution in [0.25, 0.3) is 0 Å². The van der Waals surface area contributed by atoms with Gasteiger partial charge in [0.25, 0.3) is 0 Å². The molecule has 1 saturated heterocycles. The van der Waals surface area contributed by atoms with Gasteiger partial charge in [-0.1, -0.05) is 17.7 Å². The normalized spacial score (nSPS) is 18.6. The smallest absolute Gasteiger partial charge is 0.0642 e. The highest BCUT2D eigenvalue weighted by Gasteiger charge is 2.14. The van der Waals surface area contributed by atoms with Crippen LogP contribution < -0.4 is 10.6 Å². The fraction of sp³-hybridized carbons (Fsp3) is 0.500. The number of thioether (sulfide) groups is 1. The van der Waals surface area contributed by atoms with Crippen molar-refractivity contribution in [2.75, 3.05) is 29.5 Å². The van der Waals surface area contributed by atoms with Crippen LogP contribution in [0.3, 0.4) is 0 Å². The molecule has 0 saturated carbocycles. The average molecular weight is 257 g/mol. The minimum Gasteiger partial charge on any atom is -0.369 e. The van der Waals surface area contributed by atoms with Gasteiger partial charge < -0.3 is 10.6 Å². The molecule has 0 unspecified atom stereocenters. The summed E-state index contributed by atoms with van der Waals surface area (Å²) in [5.41, 5.74) is 8.08. The van der Waals surface area contributed by atoms with Gasteiger partial charge in [0.2, 0.25) is 0 Å². The predicted molar refractivity (Wildman–Crippen MR) is 73.6 cm³/mol. The second-order valence-electron chi connectivity index (χ2n) is 4.10. The first-order valence-electron chi connectivity index (χ1n) is 5.56. The maximum atomic E-state index is 6.30. The molecule has 2 N–H and O–H groups in total. The molecule has 88 valence electrons. The molecule has 1 atom stereocenters. The minimum atomic E-state index is 0.0449. The number of anilines is 1. The number of nitrogens with two attached hydrogens (primary N) is 1. The molecule has 4 heteroatoms. The molecule has 1 aliphatic heterocycles. The van der Waals surface area contributed by atoms with E-state index >= 15 is 0 Å². The van der Waals surface area contributed by atoms with Crippen molar-refractivity contribution < 1.29 is 0 Å². The van der Waals surface area contributed by atoms with Crippen molar-refractivity contribution in [2.24, 2.45) is 5.73 Å². The van der Waals surface area contributed by atoms with Gasteiger partial charge in [-0.05, 0) is 24.6 Å². The minimum absolute atomic E-state index is 0.0449. The van der Waals surface area contributed by atoms with Gasteiger partial charge in [0, 0.05) is 30.6 Å². The van der Waals surface area contributed by atoms with Crippen LogP contribution in [0, 0.1) is 0 Å². The summed E-state index contributed by atoms with van der Waals surface area (Å²) in [5, 5.41) is 0.821. The molecule has 1 heterocycles. The highest BCUT2D eigenvalue weighted by molar-refractivity contribution is 7.99. The van der Waals surface area contributed by atoms with E-state index < -0.39 is 0 Å². The van der Waals surface area contributed by atoms with Gasteiger partial charge in [-0.15, -0.1) is 0 Å². The molecule has 1 aliphatic rings. The zero-order valence-corrected chi connectivity index (χ0v) is 11.0. The second-order valence-corrected chi connectivity index (χ2v) is 5.73. The summed E-state index contributed by atoms with van der Waals surface area (Å²) < 4.78 is 0. The second kappa shape index (κ2) is 5.30. The third-order valence-corrected chi connectivity index (χ3v) is 4.09. The quantitative estimate of drug-likeness (QED) is 0.882. The van der Waals surface area contributed by atoms with E-state index in [1.807, 2.05) is 24.8 Å². The molecule has 0 aromatic heterocycles. The average Bonchev–Trinajstić information content (AvgIpc) is 2.30. The third kappa shape index (κ3) is 2.65. The molecule has 1 aromatic rings. The van der Waals surface area contributed by atoms with E-state index in [0.717, 1.165) is 29.4 Å². The Kier molecular flexibility index (Phi) is 4.00. The van der Waals surface area contributed by atoms with Gasteiger partial charge in [0.15, 0.2) is 0 Å². The van der Waals surface area contributed by atoms with E-state index in [0.29, 0.717) is 0 Å². The number of hydrogen-bond acceptors (Lipinski definition) is 3. The summed E-state index contributed by atoms with van der Waals surface area (Å²) in [6.07, 6.45) is 0. The van der Waals surface area contributed by atoms with Crippen molar-refractivity contribution in [3.05, 3.63) is 28.8 Å². The third-order valence-electron chi connectivity index (χ3n) is 2.85. The van der Waals surface area contributed by atoms with Crippen molar-refractivity contribution in [1.29, 1.82) is 0 Å². The largest absolute Gasteiger partial charge is 0.369 e. The molecule has 0 spiro atoms.